The Morgan fingerprint density at radius 2 is 1.76 bits per heavy atom. The largest absolute Gasteiger partial charge is 0.444 e. The minimum Gasteiger partial charge on any atom is -0.444 e. The van der Waals surface area contributed by atoms with Crippen molar-refractivity contribution < 1.29 is 19.0 Å². The minimum atomic E-state index is -0.505. The first kappa shape index (κ1) is 27.9. The van der Waals surface area contributed by atoms with E-state index in [1.165, 1.54) is 11.1 Å². The third kappa shape index (κ3) is 7.03. The fourth-order valence-electron chi connectivity index (χ4n) is 4.73. The van der Waals surface area contributed by atoms with Crippen LogP contribution in [0.4, 0.5) is 10.5 Å². The molecule has 204 valence electrons. The predicted octanol–water partition coefficient (Wildman–Crippen LogP) is 5.26. The summed E-state index contributed by atoms with van der Waals surface area (Å²) in [5.41, 5.74) is 3.29. The van der Waals surface area contributed by atoms with Crippen molar-refractivity contribution in [3.8, 4) is 6.07 Å². The molecule has 0 saturated carbocycles. The van der Waals surface area contributed by atoms with Gasteiger partial charge in [-0.1, -0.05) is 45.0 Å². The van der Waals surface area contributed by atoms with Gasteiger partial charge >= 0.3 is 6.09 Å². The third-order valence-corrected chi connectivity index (χ3v) is 6.91. The molecule has 0 radical (unpaired) electrons. The van der Waals surface area contributed by atoms with E-state index in [4.69, 9.17) is 19.5 Å². The SMILES string of the molecule is CC(C)(C)OC(=O)N1CC2(COC(CCN(Cc3ccc(C(C)(C)C)cc3)c3ccc(C#N)nc3)OC2)C1. The fourth-order valence-corrected chi connectivity index (χ4v) is 4.73. The number of rotatable bonds is 6. The number of hydrogen-bond acceptors (Lipinski definition) is 7. The lowest BCUT2D eigenvalue weighted by Gasteiger charge is -2.52. The number of nitrogens with zero attached hydrogens (tertiary/aromatic N) is 4. The van der Waals surface area contributed by atoms with Crippen LogP contribution in [0.15, 0.2) is 42.6 Å². The van der Waals surface area contributed by atoms with Gasteiger partial charge in [0.25, 0.3) is 0 Å². The summed E-state index contributed by atoms with van der Waals surface area (Å²) in [4.78, 5) is 20.5. The first-order valence-electron chi connectivity index (χ1n) is 13.3. The Hall–Kier alpha value is -3.15. The Labute approximate surface area is 226 Å². The second-order valence-electron chi connectivity index (χ2n) is 12.6. The molecular weight excluding hydrogens is 480 g/mol. The van der Waals surface area contributed by atoms with Crippen LogP contribution in [-0.4, -0.2) is 60.7 Å². The van der Waals surface area contributed by atoms with Crippen molar-refractivity contribution in [1.29, 1.82) is 5.26 Å². The molecule has 38 heavy (non-hydrogen) atoms. The summed E-state index contributed by atoms with van der Waals surface area (Å²) in [5.74, 6) is 0. The van der Waals surface area contributed by atoms with Crippen LogP contribution in [0.2, 0.25) is 0 Å². The zero-order valence-corrected chi connectivity index (χ0v) is 23.5. The van der Waals surface area contributed by atoms with Crippen molar-refractivity contribution >= 4 is 11.8 Å². The van der Waals surface area contributed by atoms with Gasteiger partial charge in [-0.2, -0.15) is 5.26 Å². The Morgan fingerprint density at radius 1 is 1.11 bits per heavy atom. The molecule has 0 atom stereocenters. The first-order chi connectivity index (χ1) is 17.9. The van der Waals surface area contributed by atoms with Gasteiger partial charge in [0.15, 0.2) is 6.29 Å². The van der Waals surface area contributed by atoms with Crippen molar-refractivity contribution in [1.82, 2.24) is 9.88 Å². The molecular formula is C30H40N4O4. The fraction of sp³-hybridized carbons (Fsp3) is 0.567. The van der Waals surface area contributed by atoms with Crippen molar-refractivity contribution in [3.63, 3.8) is 0 Å². The van der Waals surface area contributed by atoms with E-state index >= 15 is 0 Å². The minimum absolute atomic E-state index is 0.104. The van der Waals surface area contributed by atoms with Crippen LogP contribution in [0.25, 0.3) is 0 Å². The highest BCUT2D eigenvalue weighted by Crippen LogP contribution is 2.36. The highest BCUT2D eigenvalue weighted by molar-refractivity contribution is 5.69. The quantitative estimate of drug-likeness (QED) is 0.514. The third-order valence-electron chi connectivity index (χ3n) is 6.91. The van der Waals surface area contributed by atoms with Gasteiger partial charge in [-0.25, -0.2) is 9.78 Å². The maximum atomic E-state index is 12.3. The van der Waals surface area contributed by atoms with E-state index in [-0.39, 0.29) is 23.2 Å². The molecule has 0 bridgehead atoms. The first-order valence-corrected chi connectivity index (χ1v) is 13.3. The molecule has 2 aliphatic heterocycles. The number of anilines is 1. The molecule has 1 amide bonds. The maximum Gasteiger partial charge on any atom is 0.410 e. The Kier molecular flexibility index (Phi) is 8.01. The van der Waals surface area contributed by atoms with Gasteiger partial charge in [-0.05, 0) is 49.4 Å². The summed E-state index contributed by atoms with van der Waals surface area (Å²) < 4.78 is 17.7. The second kappa shape index (κ2) is 10.9. The highest BCUT2D eigenvalue weighted by Gasteiger charge is 2.49. The Bertz CT molecular complexity index is 1130. The normalized spacial score (nSPS) is 17.6. The van der Waals surface area contributed by atoms with E-state index in [9.17, 15) is 4.79 Å². The van der Waals surface area contributed by atoms with Gasteiger partial charge in [0, 0.05) is 32.6 Å². The molecule has 3 heterocycles. The van der Waals surface area contributed by atoms with Crippen LogP contribution in [0, 0.1) is 16.7 Å². The maximum absolute atomic E-state index is 12.3. The average molecular weight is 521 g/mol. The number of likely N-dealkylation sites (tertiary alicyclic amines) is 1. The lowest BCUT2D eigenvalue weighted by atomic mass is 9.81. The molecule has 4 rings (SSSR count). The molecule has 0 unspecified atom stereocenters. The van der Waals surface area contributed by atoms with E-state index in [2.05, 4.69) is 61.0 Å². The Balaban J connectivity index is 1.34. The van der Waals surface area contributed by atoms with E-state index in [1.807, 2.05) is 26.8 Å². The standard InChI is InChI=1S/C30H40N4O4/c1-28(2,3)23-9-7-22(8-10-23)17-33(25-12-11-24(15-31)32-16-25)14-13-26-36-20-30(21-37-26)18-34(19-30)27(35)38-29(4,5)6/h7-12,16,26H,13-14,17-21H2,1-6H3. The molecule has 1 aromatic carbocycles. The van der Waals surface area contributed by atoms with E-state index in [0.717, 1.165) is 5.69 Å². The summed E-state index contributed by atoms with van der Waals surface area (Å²) in [6.07, 6.45) is 1.84. The lowest BCUT2D eigenvalue weighted by molar-refractivity contribution is -0.254. The van der Waals surface area contributed by atoms with Crippen molar-refractivity contribution in [2.24, 2.45) is 5.41 Å². The summed E-state index contributed by atoms with van der Waals surface area (Å²) in [7, 11) is 0. The highest BCUT2D eigenvalue weighted by atomic mass is 16.7. The molecule has 2 aliphatic rings. The average Bonchev–Trinajstić information content (AvgIpc) is 2.84. The van der Waals surface area contributed by atoms with Gasteiger partial charge in [0.2, 0.25) is 0 Å². The summed E-state index contributed by atoms with van der Waals surface area (Å²) >= 11 is 0. The number of aromatic nitrogens is 1. The van der Waals surface area contributed by atoms with Crippen LogP contribution in [0.1, 0.15) is 64.8 Å². The van der Waals surface area contributed by atoms with Crippen LogP contribution in [-0.2, 0) is 26.2 Å². The second-order valence-corrected chi connectivity index (χ2v) is 12.6. The van der Waals surface area contributed by atoms with Gasteiger partial charge in [-0.15, -0.1) is 0 Å². The molecule has 0 aliphatic carbocycles. The number of pyridine rings is 1. The van der Waals surface area contributed by atoms with Crippen LogP contribution >= 0.6 is 0 Å². The van der Waals surface area contributed by atoms with E-state index in [0.29, 0.717) is 51.5 Å². The predicted molar refractivity (Wildman–Crippen MR) is 146 cm³/mol. The number of amides is 1. The molecule has 2 aromatic rings. The number of nitriles is 1. The number of hydrogen-bond donors (Lipinski definition) is 0. The van der Waals surface area contributed by atoms with Crippen LogP contribution < -0.4 is 4.90 Å². The van der Waals surface area contributed by atoms with Crippen molar-refractivity contribution in [3.05, 3.63) is 59.4 Å². The molecule has 0 N–H and O–H groups in total. The summed E-state index contributed by atoms with van der Waals surface area (Å²) in [6, 6.07) is 14.5. The van der Waals surface area contributed by atoms with E-state index < -0.39 is 5.60 Å². The zero-order valence-electron chi connectivity index (χ0n) is 23.5. The summed E-state index contributed by atoms with van der Waals surface area (Å²) in [5, 5.41) is 9.14. The number of benzene rings is 1. The van der Waals surface area contributed by atoms with Crippen LogP contribution in [0.5, 0.6) is 0 Å². The molecule has 2 saturated heterocycles. The van der Waals surface area contributed by atoms with Gasteiger partial charge in [0.05, 0.1) is 30.5 Å². The topological polar surface area (TPSA) is 87.9 Å². The van der Waals surface area contributed by atoms with Gasteiger partial charge < -0.3 is 24.0 Å². The zero-order chi connectivity index (χ0) is 27.6. The molecule has 2 fully saturated rings. The number of carbonyl (C=O) groups is 1. The van der Waals surface area contributed by atoms with Crippen molar-refractivity contribution in [2.45, 2.75) is 71.8 Å². The molecule has 8 nitrogen and oxygen atoms in total. The number of ether oxygens (including phenoxy) is 3. The van der Waals surface area contributed by atoms with E-state index in [1.54, 1.807) is 17.2 Å². The monoisotopic (exact) mass is 520 g/mol. The smallest absolute Gasteiger partial charge is 0.410 e. The molecule has 8 heteroatoms. The summed E-state index contributed by atoms with van der Waals surface area (Å²) in [6.45, 7) is 16.0. The van der Waals surface area contributed by atoms with Crippen LogP contribution in [0.3, 0.4) is 0 Å². The number of carbonyl (C=O) groups excluding carboxylic acids is 1. The van der Waals surface area contributed by atoms with Crippen molar-refractivity contribution in [2.75, 3.05) is 37.7 Å². The lowest BCUT2D eigenvalue weighted by Crippen LogP contribution is -2.65. The Morgan fingerprint density at radius 3 is 2.29 bits per heavy atom. The van der Waals surface area contributed by atoms with Gasteiger partial charge in [0.1, 0.15) is 17.4 Å². The molecule has 1 aromatic heterocycles. The molecule has 1 spiro atoms. The van der Waals surface area contributed by atoms with Gasteiger partial charge in [-0.3, -0.25) is 0 Å².